The summed E-state index contributed by atoms with van der Waals surface area (Å²) in [5.74, 6) is -0.740. The zero-order chi connectivity index (χ0) is 16.6. The van der Waals surface area contributed by atoms with Gasteiger partial charge in [-0.1, -0.05) is 12.1 Å². The molecule has 0 aliphatic carbocycles. The molecular formula is C16H18FN3O2S. The van der Waals surface area contributed by atoms with Gasteiger partial charge in [0.25, 0.3) is 11.1 Å². The first-order valence-electron chi connectivity index (χ1n) is 7.40. The van der Waals surface area contributed by atoms with Crippen molar-refractivity contribution >= 4 is 34.7 Å². The molecule has 2 heterocycles. The maximum Gasteiger partial charge on any atom is 0.290 e. The number of carbonyl (C=O) groups is 2. The predicted octanol–water partition coefficient (Wildman–Crippen LogP) is 2.29. The van der Waals surface area contributed by atoms with Gasteiger partial charge < -0.3 is 9.80 Å². The molecule has 23 heavy (non-hydrogen) atoms. The van der Waals surface area contributed by atoms with Crippen molar-refractivity contribution in [1.82, 2.24) is 10.2 Å². The molecule has 1 atom stereocenters. The molecule has 0 spiro atoms. The van der Waals surface area contributed by atoms with Crippen LogP contribution in [0.2, 0.25) is 0 Å². The zero-order valence-electron chi connectivity index (χ0n) is 13.0. The molecule has 3 rings (SSSR count). The monoisotopic (exact) mass is 335 g/mol. The number of thioether (sulfide) groups is 1. The van der Waals surface area contributed by atoms with E-state index in [1.165, 1.54) is 6.07 Å². The summed E-state index contributed by atoms with van der Waals surface area (Å²) < 4.78 is 14.4. The normalized spacial score (nSPS) is 23.2. The highest BCUT2D eigenvalue weighted by Crippen LogP contribution is 2.33. The molecule has 1 aromatic rings. The number of imide groups is 1. The molecule has 0 bridgehead atoms. The molecule has 5 nitrogen and oxygen atoms in total. The van der Waals surface area contributed by atoms with Crippen LogP contribution in [-0.2, 0) is 4.79 Å². The maximum absolute atomic E-state index is 14.4. The highest BCUT2D eigenvalue weighted by molar-refractivity contribution is 8.18. The minimum absolute atomic E-state index is 0.296. The van der Waals surface area contributed by atoms with E-state index in [4.69, 9.17) is 0 Å². The van der Waals surface area contributed by atoms with Gasteiger partial charge in [-0.3, -0.25) is 14.9 Å². The van der Waals surface area contributed by atoms with Gasteiger partial charge in [-0.2, -0.15) is 0 Å². The van der Waals surface area contributed by atoms with Gasteiger partial charge in [0.15, 0.2) is 0 Å². The van der Waals surface area contributed by atoms with Gasteiger partial charge in [-0.15, -0.1) is 0 Å². The number of anilines is 1. The maximum atomic E-state index is 14.4. The van der Waals surface area contributed by atoms with Crippen molar-refractivity contribution in [2.45, 2.75) is 12.5 Å². The SMILES string of the molecule is CN(C)[C@H]1CCN(c2c(F)cccc2/C=C2/SC(=O)NC2=O)C1. The van der Waals surface area contributed by atoms with Crippen LogP contribution in [0.15, 0.2) is 23.1 Å². The standard InChI is InChI=1S/C16H18FN3O2S/c1-19(2)11-6-7-20(9-11)14-10(4-3-5-12(14)17)8-13-15(21)18-16(22)23-13/h3-5,8,11H,6-7,9H2,1-2H3,(H,18,21,22)/b13-8+/t11-/m0/s1. The third-order valence-electron chi connectivity index (χ3n) is 4.16. The fourth-order valence-electron chi connectivity index (χ4n) is 2.91. The number of nitrogens with one attached hydrogen (secondary N) is 1. The summed E-state index contributed by atoms with van der Waals surface area (Å²) in [5.41, 5.74) is 1.12. The van der Waals surface area contributed by atoms with E-state index in [0.29, 0.717) is 22.2 Å². The van der Waals surface area contributed by atoms with Crippen molar-refractivity contribution in [2.75, 3.05) is 32.1 Å². The highest BCUT2D eigenvalue weighted by atomic mass is 32.2. The molecule has 2 fully saturated rings. The van der Waals surface area contributed by atoms with Crippen molar-refractivity contribution < 1.29 is 14.0 Å². The molecule has 2 aliphatic rings. The molecule has 122 valence electrons. The Labute approximate surface area is 138 Å². The number of amides is 2. The largest absolute Gasteiger partial charge is 0.367 e. The third-order valence-corrected chi connectivity index (χ3v) is 4.97. The molecule has 0 saturated carbocycles. The van der Waals surface area contributed by atoms with E-state index in [-0.39, 0.29) is 5.82 Å². The zero-order valence-corrected chi connectivity index (χ0v) is 13.8. The van der Waals surface area contributed by atoms with Crippen molar-refractivity contribution in [1.29, 1.82) is 0 Å². The molecule has 7 heteroatoms. The summed E-state index contributed by atoms with van der Waals surface area (Å²) in [5, 5.41) is 1.82. The van der Waals surface area contributed by atoms with Crippen LogP contribution < -0.4 is 10.2 Å². The Morgan fingerprint density at radius 2 is 2.17 bits per heavy atom. The fourth-order valence-corrected chi connectivity index (χ4v) is 3.58. The Balaban J connectivity index is 1.94. The molecule has 2 saturated heterocycles. The number of hydrogen-bond acceptors (Lipinski definition) is 5. The van der Waals surface area contributed by atoms with Crippen LogP contribution in [0.3, 0.4) is 0 Å². The molecule has 2 amide bonds. The summed E-state index contributed by atoms with van der Waals surface area (Å²) >= 11 is 0.843. The minimum Gasteiger partial charge on any atom is -0.367 e. The number of hydrogen-bond donors (Lipinski definition) is 1. The van der Waals surface area contributed by atoms with E-state index in [1.807, 2.05) is 19.0 Å². The van der Waals surface area contributed by atoms with Crippen molar-refractivity contribution in [3.63, 3.8) is 0 Å². The second-order valence-corrected chi connectivity index (χ2v) is 6.90. The average Bonchev–Trinajstić information content (AvgIpc) is 3.07. The van der Waals surface area contributed by atoms with Gasteiger partial charge in [0.1, 0.15) is 5.82 Å². The molecule has 0 unspecified atom stereocenters. The first-order valence-corrected chi connectivity index (χ1v) is 8.22. The fraction of sp³-hybridized carbons (Fsp3) is 0.375. The summed E-state index contributed by atoms with van der Waals surface area (Å²) in [4.78, 5) is 27.4. The van der Waals surface area contributed by atoms with E-state index in [2.05, 4.69) is 10.2 Å². The number of halogens is 1. The van der Waals surface area contributed by atoms with Crippen molar-refractivity contribution in [3.05, 3.63) is 34.5 Å². The van der Waals surface area contributed by atoms with Crippen LogP contribution in [0.4, 0.5) is 14.9 Å². The van der Waals surface area contributed by atoms with E-state index < -0.39 is 11.1 Å². The van der Waals surface area contributed by atoms with Gasteiger partial charge in [0.2, 0.25) is 0 Å². The molecule has 1 aromatic carbocycles. The van der Waals surface area contributed by atoms with E-state index >= 15 is 0 Å². The molecule has 2 aliphatic heterocycles. The highest BCUT2D eigenvalue weighted by Gasteiger charge is 2.29. The first-order chi connectivity index (χ1) is 11.0. The first kappa shape index (κ1) is 16.0. The third kappa shape index (κ3) is 3.25. The van der Waals surface area contributed by atoms with Crippen LogP contribution >= 0.6 is 11.8 Å². The lowest BCUT2D eigenvalue weighted by molar-refractivity contribution is -0.115. The van der Waals surface area contributed by atoms with E-state index in [0.717, 1.165) is 31.3 Å². The topological polar surface area (TPSA) is 52.6 Å². The Morgan fingerprint density at radius 1 is 1.39 bits per heavy atom. The number of likely N-dealkylation sites (N-methyl/N-ethyl adjacent to an activating group) is 1. The van der Waals surface area contributed by atoms with Gasteiger partial charge in [0, 0.05) is 24.7 Å². The van der Waals surface area contributed by atoms with Crippen LogP contribution in [0, 0.1) is 5.82 Å². The average molecular weight is 335 g/mol. The Morgan fingerprint density at radius 3 is 2.78 bits per heavy atom. The summed E-state index contributed by atoms with van der Waals surface area (Å²) in [6, 6.07) is 5.18. The predicted molar refractivity (Wildman–Crippen MR) is 89.8 cm³/mol. The lowest BCUT2D eigenvalue weighted by Gasteiger charge is -2.23. The summed E-state index contributed by atoms with van der Waals surface area (Å²) in [6.07, 6.45) is 2.55. The minimum atomic E-state index is -0.428. The molecule has 0 radical (unpaired) electrons. The number of carbonyl (C=O) groups excluding carboxylic acids is 2. The molecule has 0 aromatic heterocycles. The van der Waals surface area contributed by atoms with Crippen LogP contribution in [0.1, 0.15) is 12.0 Å². The summed E-state index contributed by atoms with van der Waals surface area (Å²) in [7, 11) is 4.03. The van der Waals surface area contributed by atoms with Crippen LogP contribution in [0.25, 0.3) is 6.08 Å². The number of nitrogens with zero attached hydrogens (tertiary/aromatic N) is 2. The molecular weight excluding hydrogens is 317 g/mol. The van der Waals surface area contributed by atoms with Crippen molar-refractivity contribution in [3.8, 4) is 0 Å². The number of para-hydroxylation sites is 1. The van der Waals surface area contributed by atoms with Crippen molar-refractivity contribution in [2.24, 2.45) is 0 Å². The Hall–Kier alpha value is -1.86. The van der Waals surface area contributed by atoms with Gasteiger partial charge in [0.05, 0.1) is 10.6 Å². The second kappa shape index (κ2) is 6.33. The second-order valence-electron chi connectivity index (χ2n) is 5.88. The molecule has 1 N–H and O–H groups in total. The lowest BCUT2D eigenvalue weighted by Crippen LogP contribution is -2.32. The quantitative estimate of drug-likeness (QED) is 0.859. The Bertz CT molecular complexity index is 690. The van der Waals surface area contributed by atoms with Gasteiger partial charge in [-0.05, 0) is 44.4 Å². The van der Waals surface area contributed by atoms with Gasteiger partial charge >= 0.3 is 0 Å². The smallest absolute Gasteiger partial charge is 0.290 e. The number of benzene rings is 1. The van der Waals surface area contributed by atoms with E-state index in [9.17, 15) is 14.0 Å². The van der Waals surface area contributed by atoms with Crippen LogP contribution in [0.5, 0.6) is 0 Å². The lowest BCUT2D eigenvalue weighted by atomic mass is 10.1. The van der Waals surface area contributed by atoms with E-state index in [1.54, 1.807) is 18.2 Å². The number of rotatable bonds is 3. The Kier molecular flexibility index (Phi) is 4.41. The van der Waals surface area contributed by atoms with Gasteiger partial charge in [-0.25, -0.2) is 4.39 Å². The summed E-state index contributed by atoms with van der Waals surface area (Å²) in [6.45, 7) is 1.50. The van der Waals surface area contributed by atoms with Crippen LogP contribution in [-0.4, -0.2) is 49.3 Å².